The number of aromatic nitrogens is 1. The van der Waals surface area contributed by atoms with Crippen LogP contribution in [0.25, 0.3) is 0 Å². The van der Waals surface area contributed by atoms with Crippen molar-refractivity contribution >= 4 is 41.3 Å². The van der Waals surface area contributed by atoms with Gasteiger partial charge in [-0.2, -0.15) is 0 Å². The first-order valence-corrected chi connectivity index (χ1v) is 9.62. The molecule has 0 fully saturated rings. The Balaban J connectivity index is 0.00000338. The quantitative estimate of drug-likeness (QED) is 0.239. The van der Waals surface area contributed by atoms with Crippen molar-refractivity contribution in [1.29, 1.82) is 0 Å². The molecule has 1 heterocycles. The van der Waals surface area contributed by atoms with Gasteiger partial charge in [-0.1, -0.05) is 17.7 Å². The zero-order chi connectivity index (χ0) is 17.9. The van der Waals surface area contributed by atoms with Crippen molar-refractivity contribution in [3.63, 3.8) is 0 Å². The summed E-state index contributed by atoms with van der Waals surface area (Å²) in [5.74, 6) is 1.78. The van der Waals surface area contributed by atoms with Crippen LogP contribution in [0.3, 0.4) is 0 Å². The fraction of sp³-hybridized carbons (Fsp3) is 0.474. The number of nitrogens with zero attached hydrogens (tertiary/aromatic N) is 2. The van der Waals surface area contributed by atoms with Crippen molar-refractivity contribution in [2.75, 3.05) is 19.7 Å². The molecular weight excluding hydrogens is 459 g/mol. The third-order valence-electron chi connectivity index (χ3n) is 3.54. The van der Waals surface area contributed by atoms with Crippen LogP contribution in [0.15, 0.2) is 35.5 Å². The zero-order valence-electron chi connectivity index (χ0n) is 15.7. The van der Waals surface area contributed by atoms with Gasteiger partial charge < -0.3 is 15.4 Å². The van der Waals surface area contributed by atoms with Crippen LogP contribution in [0.4, 0.5) is 0 Å². The maximum atomic E-state index is 5.74. The Morgan fingerprint density at radius 1 is 1.15 bits per heavy atom. The Morgan fingerprint density at radius 2 is 1.92 bits per heavy atom. The summed E-state index contributed by atoms with van der Waals surface area (Å²) in [6.07, 6.45) is 3.93. The first-order chi connectivity index (χ1) is 12.2. The molecular formula is C19H29IN4OS. The lowest BCUT2D eigenvalue weighted by Crippen LogP contribution is -2.37. The molecule has 0 spiro atoms. The predicted octanol–water partition coefficient (Wildman–Crippen LogP) is 4.29. The lowest BCUT2D eigenvalue weighted by Gasteiger charge is -2.11. The Kier molecular flexibility index (Phi) is 11.3. The SMILES string of the molecule is CCNC(=NCc1ncc(C)s1)NCCCCOc1ccc(C)cc1.I. The van der Waals surface area contributed by atoms with Gasteiger partial charge in [-0.3, -0.25) is 0 Å². The summed E-state index contributed by atoms with van der Waals surface area (Å²) >= 11 is 1.69. The van der Waals surface area contributed by atoms with Gasteiger partial charge in [0.05, 0.1) is 13.2 Å². The molecule has 0 radical (unpaired) electrons. The lowest BCUT2D eigenvalue weighted by molar-refractivity contribution is 0.307. The monoisotopic (exact) mass is 488 g/mol. The molecule has 0 unspecified atom stereocenters. The second-order valence-electron chi connectivity index (χ2n) is 5.86. The number of unbranched alkanes of at least 4 members (excludes halogenated alkanes) is 1. The number of aliphatic imine (C=N–C) groups is 1. The van der Waals surface area contributed by atoms with Crippen LogP contribution in [0.1, 0.15) is 35.2 Å². The van der Waals surface area contributed by atoms with Crippen molar-refractivity contribution < 1.29 is 4.74 Å². The van der Waals surface area contributed by atoms with E-state index in [1.807, 2.05) is 18.3 Å². The first kappa shape index (κ1) is 22.7. The zero-order valence-corrected chi connectivity index (χ0v) is 18.9. The van der Waals surface area contributed by atoms with E-state index in [1.54, 1.807) is 11.3 Å². The normalized spacial score (nSPS) is 11.0. The number of guanidine groups is 1. The van der Waals surface area contributed by atoms with Gasteiger partial charge in [0.25, 0.3) is 0 Å². The summed E-state index contributed by atoms with van der Waals surface area (Å²) in [5.41, 5.74) is 1.25. The third-order valence-corrected chi connectivity index (χ3v) is 4.44. The average Bonchev–Trinajstić information content (AvgIpc) is 3.02. The van der Waals surface area contributed by atoms with Crippen LogP contribution < -0.4 is 15.4 Å². The molecule has 7 heteroatoms. The molecule has 0 atom stereocenters. The minimum atomic E-state index is 0. The van der Waals surface area contributed by atoms with E-state index in [9.17, 15) is 0 Å². The van der Waals surface area contributed by atoms with E-state index < -0.39 is 0 Å². The molecule has 0 saturated carbocycles. The smallest absolute Gasteiger partial charge is 0.191 e. The van der Waals surface area contributed by atoms with Gasteiger partial charge in [-0.15, -0.1) is 35.3 Å². The van der Waals surface area contributed by atoms with Crippen molar-refractivity contribution in [1.82, 2.24) is 15.6 Å². The molecule has 0 aliphatic carbocycles. The van der Waals surface area contributed by atoms with Crippen LogP contribution in [0.5, 0.6) is 5.75 Å². The van der Waals surface area contributed by atoms with E-state index >= 15 is 0 Å². The largest absolute Gasteiger partial charge is 0.494 e. The number of benzene rings is 1. The molecule has 0 bridgehead atoms. The highest BCUT2D eigenvalue weighted by atomic mass is 127. The Bertz CT molecular complexity index is 658. The van der Waals surface area contributed by atoms with E-state index in [0.29, 0.717) is 6.54 Å². The topological polar surface area (TPSA) is 58.5 Å². The number of hydrogen-bond donors (Lipinski definition) is 2. The first-order valence-electron chi connectivity index (χ1n) is 8.80. The maximum Gasteiger partial charge on any atom is 0.191 e. The Morgan fingerprint density at radius 3 is 2.58 bits per heavy atom. The highest BCUT2D eigenvalue weighted by molar-refractivity contribution is 14.0. The molecule has 0 aliphatic heterocycles. The number of rotatable bonds is 9. The maximum absolute atomic E-state index is 5.74. The third kappa shape index (κ3) is 8.84. The van der Waals surface area contributed by atoms with Gasteiger partial charge >= 0.3 is 0 Å². The summed E-state index contributed by atoms with van der Waals surface area (Å²) in [4.78, 5) is 10.1. The highest BCUT2D eigenvalue weighted by Gasteiger charge is 2.00. The predicted molar refractivity (Wildman–Crippen MR) is 121 cm³/mol. The van der Waals surface area contributed by atoms with Gasteiger partial charge in [-0.05, 0) is 45.7 Å². The molecule has 2 aromatic rings. The number of halogens is 1. The average molecular weight is 488 g/mol. The molecule has 1 aromatic heterocycles. The molecule has 26 heavy (non-hydrogen) atoms. The molecule has 2 rings (SSSR count). The number of hydrogen-bond acceptors (Lipinski definition) is 4. The number of aryl methyl sites for hydroxylation is 2. The second kappa shape index (κ2) is 12.9. The van der Waals surface area contributed by atoms with Gasteiger partial charge in [-0.25, -0.2) is 9.98 Å². The van der Waals surface area contributed by atoms with E-state index in [-0.39, 0.29) is 24.0 Å². The summed E-state index contributed by atoms with van der Waals surface area (Å²) < 4.78 is 5.74. The molecule has 1 aromatic carbocycles. The summed E-state index contributed by atoms with van der Waals surface area (Å²) in [6, 6.07) is 8.17. The van der Waals surface area contributed by atoms with Crippen LogP contribution in [0.2, 0.25) is 0 Å². The van der Waals surface area contributed by atoms with Crippen molar-refractivity contribution in [3.05, 3.63) is 45.9 Å². The van der Waals surface area contributed by atoms with Crippen LogP contribution in [-0.4, -0.2) is 30.6 Å². The van der Waals surface area contributed by atoms with E-state index in [1.165, 1.54) is 10.4 Å². The number of nitrogens with one attached hydrogen (secondary N) is 2. The molecule has 5 nitrogen and oxygen atoms in total. The minimum Gasteiger partial charge on any atom is -0.494 e. The molecule has 2 N–H and O–H groups in total. The van der Waals surface area contributed by atoms with E-state index in [0.717, 1.165) is 49.3 Å². The molecule has 0 amide bonds. The van der Waals surface area contributed by atoms with Crippen LogP contribution >= 0.6 is 35.3 Å². The van der Waals surface area contributed by atoms with Crippen LogP contribution in [0, 0.1) is 13.8 Å². The fourth-order valence-electron chi connectivity index (χ4n) is 2.22. The lowest BCUT2D eigenvalue weighted by atomic mass is 10.2. The van der Waals surface area contributed by atoms with Crippen molar-refractivity contribution in [2.45, 2.75) is 40.2 Å². The van der Waals surface area contributed by atoms with E-state index in [4.69, 9.17) is 4.74 Å². The standard InChI is InChI=1S/C19H28N4OS.HI/c1-4-20-19(23-14-18-22-13-16(3)25-18)21-11-5-6-12-24-17-9-7-15(2)8-10-17;/h7-10,13H,4-6,11-12,14H2,1-3H3,(H2,20,21,23);1H. The summed E-state index contributed by atoms with van der Waals surface area (Å²) in [6.45, 7) is 9.28. The van der Waals surface area contributed by atoms with Gasteiger partial charge in [0.2, 0.25) is 0 Å². The second-order valence-corrected chi connectivity index (χ2v) is 7.17. The molecule has 0 saturated heterocycles. The summed E-state index contributed by atoms with van der Waals surface area (Å²) in [5, 5.41) is 7.67. The van der Waals surface area contributed by atoms with Crippen molar-refractivity contribution in [2.24, 2.45) is 4.99 Å². The molecule has 144 valence electrons. The number of thiazole rings is 1. The van der Waals surface area contributed by atoms with Gasteiger partial charge in [0.1, 0.15) is 10.8 Å². The number of ether oxygens (including phenoxy) is 1. The Hall–Kier alpha value is -1.35. The summed E-state index contributed by atoms with van der Waals surface area (Å²) in [7, 11) is 0. The van der Waals surface area contributed by atoms with Gasteiger partial charge in [0, 0.05) is 24.2 Å². The van der Waals surface area contributed by atoms with Crippen LogP contribution in [-0.2, 0) is 6.54 Å². The van der Waals surface area contributed by atoms with Gasteiger partial charge in [0.15, 0.2) is 5.96 Å². The van der Waals surface area contributed by atoms with E-state index in [2.05, 4.69) is 53.5 Å². The minimum absolute atomic E-state index is 0. The fourth-order valence-corrected chi connectivity index (χ4v) is 2.93. The van der Waals surface area contributed by atoms with Crippen molar-refractivity contribution in [3.8, 4) is 5.75 Å². The highest BCUT2D eigenvalue weighted by Crippen LogP contribution is 2.12. The Labute approximate surface area is 177 Å². The molecule has 0 aliphatic rings.